The summed E-state index contributed by atoms with van der Waals surface area (Å²) in [6.07, 6.45) is -1.53. The number of anilines is 9. The Balaban J connectivity index is 0.000000449. The summed E-state index contributed by atoms with van der Waals surface area (Å²) in [5, 5.41) is 76.1. The number of nitrogen functional groups attached to an aromatic ring is 3. The van der Waals surface area contributed by atoms with Crippen LogP contribution in [-0.4, -0.2) is 181 Å². The fourth-order valence-electron chi connectivity index (χ4n) is 3.29. The molecule has 0 aromatic carbocycles. The zero-order valence-corrected chi connectivity index (χ0v) is 30.2. The molecule has 0 aliphatic rings. The predicted molar refractivity (Wildman–Crippen MR) is 184 cm³/mol. The van der Waals surface area contributed by atoms with Gasteiger partial charge in [0, 0.05) is 0 Å². The third-order valence-electron chi connectivity index (χ3n) is 5.69. The van der Waals surface area contributed by atoms with Gasteiger partial charge < -0.3 is 58.1 Å². The zero-order valence-electron chi connectivity index (χ0n) is 30.2. The Kier molecular flexibility index (Phi) is 22.2. The quantitative estimate of drug-likeness (QED) is 0.0352. The topological polar surface area (TPSA) is 431 Å². The highest BCUT2D eigenvalue weighted by molar-refractivity contribution is 5.46. The van der Waals surface area contributed by atoms with E-state index >= 15 is 0 Å². The van der Waals surface area contributed by atoms with Crippen LogP contribution in [0.2, 0.25) is 0 Å². The van der Waals surface area contributed by atoms with Crippen molar-refractivity contribution in [1.29, 1.82) is 0 Å². The number of aromatic nitrogens is 9. The van der Waals surface area contributed by atoms with E-state index in [1.165, 1.54) is 35.5 Å². The Morgan fingerprint density at radius 1 is 0.473 bits per heavy atom. The summed E-state index contributed by atoms with van der Waals surface area (Å²) in [5.74, 6) is -0.824. The molecule has 1 unspecified atom stereocenters. The van der Waals surface area contributed by atoms with Crippen LogP contribution >= 0.6 is 0 Å². The van der Waals surface area contributed by atoms with E-state index in [9.17, 15) is 10.2 Å². The molecule has 3 aromatic rings. The number of aliphatic hydroxyl groups excluding tert-OH is 8. The normalized spacial score (nSPS) is 11.1. The minimum Gasteiger partial charge on any atom is -0.394 e. The number of rotatable bonds is 21. The highest BCUT2D eigenvalue weighted by atomic mass is 17.0. The van der Waals surface area contributed by atoms with Crippen molar-refractivity contribution in [3.05, 3.63) is 0 Å². The molecule has 3 rings (SSSR count). The van der Waals surface area contributed by atoms with Crippen LogP contribution < -0.4 is 47.6 Å². The van der Waals surface area contributed by atoms with Crippen molar-refractivity contribution < 1.29 is 69.9 Å². The second kappa shape index (κ2) is 25.6. The second-order valence-corrected chi connectivity index (χ2v) is 9.04. The fourth-order valence-corrected chi connectivity index (χ4v) is 3.29. The van der Waals surface area contributed by atoms with Gasteiger partial charge in [0.1, 0.15) is 40.3 Å². The molecule has 0 amide bonds. The molecule has 0 saturated carbocycles. The molecule has 0 aliphatic heterocycles. The molecule has 0 aliphatic carbocycles. The molecule has 55 heavy (non-hydrogen) atoms. The van der Waals surface area contributed by atoms with E-state index in [2.05, 4.69) is 44.9 Å². The molecule has 0 fully saturated rings. The van der Waals surface area contributed by atoms with Gasteiger partial charge in [-0.05, 0) is 0 Å². The van der Waals surface area contributed by atoms with Crippen LogP contribution in [0.3, 0.4) is 0 Å². The number of nitrogens with two attached hydrogens (primary N) is 3. The molecule has 3 heterocycles. The molecule has 0 radical (unpaired) electrons. The fraction of sp³-hybridized carbons (Fsp3) is 0.609. The minimum atomic E-state index is -1.53. The van der Waals surface area contributed by atoms with Crippen molar-refractivity contribution in [3.63, 3.8) is 0 Å². The molecular weight excluding hydrogens is 752 g/mol. The van der Waals surface area contributed by atoms with Gasteiger partial charge in [-0.3, -0.25) is 14.7 Å². The Hall–Kier alpha value is -5.33. The van der Waals surface area contributed by atoms with Gasteiger partial charge in [-0.2, -0.15) is 44.9 Å². The molecule has 312 valence electrons. The van der Waals surface area contributed by atoms with Gasteiger partial charge in [0.15, 0.2) is 6.23 Å². The lowest BCUT2D eigenvalue weighted by Gasteiger charge is -2.27. The molecule has 1 atom stereocenters. The van der Waals surface area contributed by atoms with Crippen molar-refractivity contribution in [2.24, 2.45) is 0 Å². The zero-order chi connectivity index (χ0) is 41.5. The van der Waals surface area contributed by atoms with Crippen LogP contribution in [0.15, 0.2) is 0 Å². The number of hydrogen-bond donors (Lipinski definition) is 11. The summed E-state index contributed by atoms with van der Waals surface area (Å²) in [4.78, 5) is 66.8. The van der Waals surface area contributed by atoms with E-state index in [4.69, 9.17) is 76.9 Å². The van der Waals surface area contributed by atoms with E-state index in [-0.39, 0.29) is 66.7 Å². The van der Waals surface area contributed by atoms with E-state index in [1.54, 1.807) is 0 Å². The van der Waals surface area contributed by atoms with Gasteiger partial charge in [0.25, 0.3) is 17.8 Å². The van der Waals surface area contributed by atoms with E-state index in [0.29, 0.717) is 0 Å². The summed E-state index contributed by atoms with van der Waals surface area (Å²) < 4.78 is 0. The molecule has 32 nitrogen and oxygen atoms in total. The van der Waals surface area contributed by atoms with Crippen molar-refractivity contribution in [2.45, 2.75) is 6.23 Å². The smallest absolute Gasteiger partial charge is 0.284 e. The second-order valence-electron chi connectivity index (χ2n) is 9.04. The first-order valence-corrected chi connectivity index (χ1v) is 14.9. The number of hydrogen-bond acceptors (Lipinski definition) is 32. The third kappa shape index (κ3) is 14.8. The first-order valence-electron chi connectivity index (χ1n) is 14.9. The highest BCUT2D eigenvalue weighted by Crippen LogP contribution is 2.21. The molecule has 0 saturated heterocycles. The van der Waals surface area contributed by atoms with Gasteiger partial charge >= 0.3 is 0 Å². The maximum absolute atomic E-state index is 9.65. The van der Waals surface area contributed by atoms with E-state index in [1.807, 2.05) is 0 Å². The van der Waals surface area contributed by atoms with Crippen molar-refractivity contribution in [2.75, 3.05) is 137 Å². The Labute approximate surface area is 311 Å². The molecule has 0 spiro atoms. The first-order chi connectivity index (χ1) is 26.4. The van der Waals surface area contributed by atoms with Gasteiger partial charge in [-0.1, -0.05) is 15.7 Å². The molecule has 3 aromatic heterocycles. The van der Waals surface area contributed by atoms with Crippen LogP contribution in [0.1, 0.15) is 0 Å². The summed E-state index contributed by atoms with van der Waals surface area (Å²) in [5.41, 5.74) is 15.4. The lowest BCUT2D eigenvalue weighted by Crippen LogP contribution is -2.41. The van der Waals surface area contributed by atoms with Gasteiger partial charge in [0.2, 0.25) is 35.7 Å². The average molecular weight is 799 g/mol. The SMILES string of the molecule is CON(OC)c1nc(N(OC)OC)nc(N(OC)OCCO)n1.Nc1nc(N)nc(N)n1.OCC(O)N(CO)c1nc(N(CO)CO)nc(N(CO)CO)n1. The van der Waals surface area contributed by atoms with Crippen molar-refractivity contribution in [3.8, 4) is 0 Å². The average Bonchev–Trinajstić information content (AvgIpc) is 3.17. The van der Waals surface area contributed by atoms with Crippen LogP contribution in [0, 0.1) is 0 Å². The number of nitrogens with zero attached hydrogens (tertiary/aromatic N) is 15. The molecule has 32 heteroatoms. The Morgan fingerprint density at radius 2 is 0.800 bits per heavy atom. The maximum atomic E-state index is 9.65. The summed E-state index contributed by atoms with van der Waals surface area (Å²) in [7, 11) is 6.75. The predicted octanol–water partition coefficient (Wildman–Crippen LogP) is -7.01. The van der Waals surface area contributed by atoms with Crippen molar-refractivity contribution >= 4 is 53.5 Å². The maximum Gasteiger partial charge on any atom is 0.284 e. The van der Waals surface area contributed by atoms with Crippen LogP contribution in [-0.2, 0) is 29.0 Å². The van der Waals surface area contributed by atoms with Gasteiger partial charge in [0.05, 0.1) is 48.8 Å². The van der Waals surface area contributed by atoms with Crippen LogP contribution in [0.25, 0.3) is 0 Å². The molecule has 0 bridgehead atoms. The largest absolute Gasteiger partial charge is 0.394 e. The van der Waals surface area contributed by atoms with Crippen molar-refractivity contribution in [1.82, 2.24) is 44.9 Å². The summed E-state index contributed by atoms with van der Waals surface area (Å²) in [6.45, 7) is -4.38. The minimum absolute atomic E-state index is 0.0382. The lowest BCUT2D eigenvalue weighted by molar-refractivity contribution is -0.0816. The van der Waals surface area contributed by atoms with E-state index < -0.39 is 46.5 Å². The number of aliphatic hydroxyl groups is 8. The Bertz CT molecular complexity index is 1380. The molecular formula is C23H46N18O14. The third-order valence-corrected chi connectivity index (χ3v) is 5.69. The summed E-state index contributed by atoms with van der Waals surface area (Å²) >= 11 is 0. The standard InChI is InChI=1S/2C10H20N6O7.C3H6N6/c1-18-14(19-2)8-11-9(15(20-3)21-4)13-10(12-8)16(22-5)23-7-6-17;17-1-7(23)16(6-22)10-12-8(14(2-18)3-19)11-9(13-10)15(4-20)5-21;4-1-7-2(5)9-3(6)8-1/h17H,6-7H2,1-5H3;7,17-23H,1-6H2;(H6,4,5,6,7,8,9). The first kappa shape index (κ1) is 47.7. The monoisotopic (exact) mass is 798 g/mol. The van der Waals surface area contributed by atoms with Gasteiger partial charge in [-0.15, -0.1) is 0 Å². The Morgan fingerprint density at radius 3 is 1.09 bits per heavy atom. The van der Waals surface area contributed by atoms with E-state index in [0.717, 1.165) is 30.4 Å². The lowest BCUT2D eigenvalue weighted by atomic mass is 10.5. The molecule has 14 N–H and O–H groups in total. The van der Waals surface area contributed by atoms with Gasteiger partial charge in [-0.25, -0.2) is 29.0 Å². The van der Waals surface area contributed by atoms with Crippen LogP contribution in [0.5, 0.6) is 0 Å². The highest BCUT2D eigenvalue weighted by Gasteiger charge is 2.24. The van der Waals surface area contributed by atoms with Crippen LogP contribution in [0.4, 0.5) is 53.5 Å². The summed E-state index contributed by atoms with van der Waals surface area (Å²) in [6, 6.07) is 0.